The molecule has 0 saturated carbocycles. The lowest BCUT2D eigenvalue weighted by atomic mass is 10.2. The zero-order chi connectivity index (χ0) is 16.9. The maximum Gasteiger partial charge on any atom is 0.255 e. The van der Waals surface area contributed by atoms with E-state index in [1.807, 2.05) is 4.90 Å². The van der Waals surface area contributed by atoms with Crippen molar-refractivity contribution >= 4 is 24.2 Å². The molecule has 3 rings (SSSR count). The Hall–Kier alpha value is -1.83. The van der Waals surface area contributed by atoms with Crippen molar-refractivity contribution in [2.24, 2.45) is 5.73 Å². The number of nitrogens with one attached hydrogen (secondary N) is 1. The number of nitrogens with zero attached hydrogens (tertiary/aromatic N) is 2. The zero-order valence-electron chi connectivity index (χ0n) is 14.1. The van der Waals surface area contributed by atoms with Crippen molar-refractivity contribution in [1.29, 1.82) is 0 Å². The van der Waals surface area contributed by atoms with E-state index in [2.05, 4.69) is 10.2 Å². The van der Waals surface area contributed by atoms with Crippen LogP contribution in [0.3, 0.4) is 0 Å². The summed E-state index contributed by atoms with van der Waals surface area (Å²) in [5, 5.41) is 3.36. The molecule has 1 aromatic rings. The largest absolute Gasteiger partial charge is 0.484 e. The van der Waals surface area contributed by atoms with E-state index >= 15 is 0 Å². The number of nitrogens with two attached hydrogens (primary N) is 1. The highest BCUT2D eigenvalue weighted by atomic mass is 35.5. The van der Waals surface area contributed by atoms with E-state index in [0.717, 1.165) is 45.7 Å². The molecule has 2 fully saturated rings. The van der Waals surface area contributed by atoms with Crippen LogP contribution in [-0.2, 0) is 4.79 Å². The average Bonchev–Trinajstić information content (AvgIpc) is 3.10. The summed E-state index contributed by atoms with van der Waals surface area (Å²) in [6.45, 7) is 5.48. The van der Waals surface area contributed by atoms with Gasteiger partial charge in [0.25, 0.3) is 11.8 Å². The molecule has 0 bridgehead atoms. The molecule has 2 heterocycles. The predicted molar refractivity (Wildman–Crippen MR) is 97.1 cm³/mol. The SMILES string of the molecule is Cl.NC(=O)COc1cccc(C(=O)N2CCC(N3CCNCC3)C2)c1. The fourth-order valence-corrected chi connectivity index (χ4v) is 3.33. The van der Waals surface area contributed by atoms with Gasteiger partial charge in [-0.25, -0.2) is 0 Å². The van der Waals surface area contributed by atoms with Gasteiger partial charge in [-0.15, -0.1) is 12.4 Å². The number of hydrogen-bond acceptors (Lipinski definition) is 5. The number of carbonyl (C=O) groups is 2. The first-order valence-electron chi connectivity index (χ1n) is 8.38. The van der Waals surface area contributed by atoms with Gasteiger partial charge in [-0.3, -0.25) is 14.5 Å². The van der Waals surface area contributed by atoms with Crippen LogP contribution in [0.2, 0.25) is 0 Å². The highest BCUT2D eigenvalue weighted by Gasteiger charge is 2.31. The van der Waals surface area contributed by atoms with Gasteiger partial charge >= 0.3 is 0 Å². The van der Waals surface area contributed by atoms with Crippen molar-refractivity contribution < 1.29 is 14.3 Å². The molecule has 0 aromatic heterocycles. The number of hydrogen-bond donors (Lipinski definition) is 2. The molecule has 0 aliphatic carbocycles. The number of ether oxygens (including phenoxy) is 1. The van der Waals surface area contributed by atoms with Gasteiger partial charge in [0.05, 0.1) is 0 Å². The molecule has 8 heteroatoms. The number of benzene rings is 1. The molecule has 138 valence electrons. The fraction of sp³-hybridized carbons (Fsp3) is 0.529. The Bertz CT molecular complexity index is 607. The Morgan fingerprint density at radius 1 is 1.24 bits per heavy atom. The Morgan fingerprint density at radius 2 is 2.00 bits per heavy atom. The smallest absolute Gasteiger partial charge is 0.255 e. The molecule has 2 aliphatic heterocycles. The monoisotopic (exact) mass is 368 g/mol. The van der Waals surface area contributed by atoms with Gasteiger partial charge in [0.2, 0.25) is 0 Å². The molecule has 2 saturated heterocycles. The van der Waals surface area contributed by atoms with Crippen LogP contribution in [0.5, 0.6) is 5.75 Å². The Labute approximate surface area is 153 Å². The van der Waals surface area contributed by atoms with Gasteiger partial charge in [-0.2, -0.15) is 0 Å². The number of halogens is 1. The summed E-state index contributed by atoms with van der Waals surface area (Å²) in [5.41, 5.74) is 5.66. The maximum atomic E-state index is 12.7. The van der Waals surface area contributed by atoms with Crippen LogP contribution in [0.15, 0.2) is 24.3 Å². The summed E-state index contributed by atoms with van der Waals surface area (Å²) >= 11 is 0. The zero-order valence-corrected chi connectivity index (χ0v) is 15.0. The summed E-state index contributed by atoms with van der Waals surface area (Å²) in [7, 11) is 0. The average molecular weight is 369 g/mol. The third-order valence-electron chi connectivity index (χ3n) is 4.58. The van der Waals surface area contributed by atoms with Crippen molar-refractivity contribution in [3.8, 4) is 5.75 Å². The predicted octanol–water partition coefficient (Wildman–Crippen LogP) is 0.0922. The van der Waals surface area contributed by atoms with E-state index in [9.17, 15) is 9.59 Å². The minimum atomic E-state index is -0.537. The molecule has 2 aliphatic rings. The van der Waals surface area contributed by atoms with Gasteiger partial charge < -0.3 is 20.7 Å². The third kappa shape index (κ3) is 5.07. The number of rotatable bonds is 5. The van der Waals surface area contributed by atoms with Gasteiger partial charge in [-0.05, 0) is 24.6 Å². The number of carbonyl (C=O) groups excluding carboxylic acids is 2. The molecule has 3 N–H and O–H groups in total. The second kappa shape index (κ2) is 9.03. The topological polar surface area (TPSA) is 87.9 Å². The van der Waals surface area contributed by atoms with Crippen LogP contribution >= 0.6 is 12.4 Å². The van der Waals surface area contributed by atoms with E-state index in [-0.39, 0.29) is 24.9 Å². The van der Waals surface area contributed by atoms with Gasteiger partial charge in [0.15, 0.2) is 6.61 Å². The first-order valence-corrected chi connectivity index (χ1v) is 8.38. The Kier molecular flexibility index (Phi) is 7.04. The molecule has 1 atom stereocenters. The molecule has 1 unspecified atom stereocenters. The summed E-state index contributed by atoms with van der Waals surface area (Å²) < 4.78 is 5.28. The Balaban J connectivity index is 0.00000225. The number of amides is 2. The minimum Gasteiger partial charge on any atom is -0.484 e. The highest BCUT2D eigenvalue weighted by molar-refractivity contribution is 5.94. The summed E-state index contributed by atoms with van der Waals surface area (Å²) in [6, 6.07) is 7.37. The van der Waals surface area contributed by atoms with E-state index in [4.69, 9.17) is 10.5 Å². The first kappa shape index (κ1) is 19.5. The first-order chi connectivity index (χ1) is 11.6. The number of piperazine rings is 1. The molecule has 0 spiro atoms. The minimum absolute atomic E-state index is 0. The van der Waals surface area contributed by atoms with Crippen LogP contribution in [0, 0.1) is 0 Å². The van der Waals surface area contributed by atoms with E-state index < -0.39 is 5.91 Å². The molecule has 2 amide bonds. The number of primary amides is 1. The molecular weight excluding hydrogens is 344 g/mol. The highest BCUT2D eigenvalue weighted by Crippen LogP contribution is 2.20. The molecule has 1 aromatic carbocycles. The Morgan fingerprint density at radius 3 is 2.72 bits per heavy atom. The van der Waals surface area contributed by atoms with Crippen LogP contribution in [0.1, 0.15) is 16.8 Å². The van der Waals surface area contributed by atoms with E-state index in [0.29, 0.717) is 17.4 Å². The maximum absolute atomic E-state index is 12.7. The molecule has 0 radical (unpaired) electrons. The van der Waals surface area contributed by atoms with Crippen molar-refractivity contribution in [1.82, 2.24) is 15.1 Å². The van der Waals surface area contributed by atoms with Crippen LogP contribution < -0.4 is 15.8 Å². The van der Waals surface area contributed by atoms with E-state index in [1.54, 1.807) is 24.3 Å². The summed E-state index contributed by atoms with van der Waals surface area (Å²) in [5.74, 6) is -0.0419. The fourth-order valence-electron chi connectivity index (χ4n) is 3.33. The molecule has 25 heavy (non-hydrogen) atoms. The quantitative estimate of drug-likeness (QED) is 0.769. The van der Waals surface area contributed by atoms with Crippen molar-refractivity contribution in [3.63, 3.8) is 0 Å². The van der Waals surface area contributed by atoms with E-state index in [1.165, 1.54) is 0 Å². The normalized spacial score (nSPS) is 20.8. The summed E-state index contributed by atoms with van der Waals surface area (Å²) in [6.07, 6.45) is 1.02. The lowest BCUT2D eigenvalue weighted by Gasteiger charge is -2.32. The van der Waals surface area contributed by atoms with Crippen molar-refractivity contribution in [3.05, 3.63) is 29.8 Å². The second-order valence-corrected chi connectivity index (χ2v) is 6.26. The molecular formula is C17H25ClN4O3. The van der Waals surface area contributed by atoms with Crippen molar-refractivity contribution in [2.75, 3.05) is 45.9 Å². The van der Waals surface area contributed by atoms with Crippen LogP contribution in [0.4, 0.5) is 0 Å². The van der Waals surface area contributed by atoms with Gasteiger partial charge in [-0.1, -0.05) is 6.07 Å². The van der Waals surface area contributed by atoms with Crippen molar-refractivity contribution in [2.45, 2.75) is 12.5 Å². The molecule has 7 nitrogen and oxygen atoms in total. The number of likely N-dealkylation sites (tertiary alicyclic amines) is 1. The lowest BCUT2D eigenvalue weighted by Crippen LogP contribution is -2.49. The standard InChI is InChI=1S/C17H24N4O3.ClH/c18-16(22)12-24-15-3-1-2-13(10-15)17(23)21-7-4-14(11-21)20-8-5-19-6-9-20;/h1-3,10,14,19H,4-9,11-12H2,(H2,18,22);1H. The van der Waals surface area contributed by atoms with Crippen LogP contribution in [0.25, 0.3) is 0 Å². The second-order valence-electron chi connectivity index (χ2n) is 6.26. The van der Waals surface area contributed by atoms with Crippen LogP contribution in [-0.4, -0.2) is 73.5 Å². The van der Waals surface area contributed by atoms with Gasteiger partial charge in [0, 0.05) is 50.9 Å². The third-order valence-corrected chi connectivity index (χ3v) is 4.58. The van der Waals surface area contributed by atoms with Gasteiger partial charge in [0.1, 0.15) is 5.75 Å². The summed E-state index contributed by atoms with van der Waals surface area (Å²) in [4.78, 5) is 27.9. The lowest BCUT2D eigenvalue weighted by molar-refractivity contribution is -0.119.